The summed E-state index contributed by atoms with van der Waals surface area (Å²) in [7, 11) is 3.07. The second kappa shape index (κ2) is 7.96. The van der Waals surface area contributed by atoms with E-state index in [-0.39, 0.29) is 5.25 Å². The van der Waals surface area contributed by atoms with E-state index in [1.165, 1.54) is 31.4 Å². The molecule has 0 spiro atoms. The first-order chi connectivity index (χ1) is 13.0. The number of hydrogen-bond acceptors (Lipinski definition) is 6. The predicted molar refractivity (Wildman–Crippen MR) is 108 cm³/mol. The molecule has 0 aliphatic rings. The number of aldehydes is 1. The fourth-order valence-corrected chi connectivity index (χ4v) is 3.86. The normalized spacial score (nSPS) is 12.6. The molecule has 1 heterocycles. The monoisotopic (exact) mass is 382 g/mol. The number of ether oxygens (including phenoxy) is 2. The average molecular weight is 382 g/mol. The van der Waals surface area contributed by atoms with Gasteiger partial charge in [-0.05, 0) is 16.3 Å². The smallest absolute Gasteiger partial charge is 0.220 e. The molecule has 0 fully saturated rings. The third-order valence-corrected chi connectivity index (χ3v) is 5.99. The first kappa shape index (κ1) is 19.2. The number of methoxy groups -OCH3 is 2. The molecule has 0 bridgehead atoms. The van der Waals surface area contributed by atoms with Gasteiger partial charge in [0.2, 0.25) is 11.8 Å². The van der Waals surface area contributed by atoms with E-state index < -0.39 is 5.41 Å². The van der Waals surface area contributed by atoms with Crippen LogP contribution in [0.25, 0.3) is 10.8 Å². The van der Waals surface area contributed by atoms with E-state index in [9.17, 15) is 4.79 Å². The number of benzene rings is 2. The minimum absolute atomic E-state index is 0.379. The van der Waals surface area contributed by atoms with Crippen molar-refractivity contribution in [2.75, 3.05) is 14.2 Å². The highest BCUT2D eigenvalue weighted by molar-refractivity contribution is 8.00. The number of carbonyl (C=O) groups is 1. The third-order valence-electron chi connectivity index (χ3n) is 4.64. The minimum atomic E-state index is -0.421. The summed E-state index contributed by atoms with van der Waals surface area (Å²) in [5, 5.41) is 2.39. The van der Waals surface area contributed by atoms with Crippen molar-refractivity contribution < 1.29 is 14.3 Å². The van der Waals surface area contributed by atoms with Crippen LogP contribution < -0.4 is 9.47 Å². The molecule has 0 saturated heterocycles. The van der Waals surface area contributed by atoms with Gasteiger partial charge in [0.1, 0.15) is 6.29 Å². The maximum absolute atomic E-state index is 12.0. The highest BCUT2D eigenvalue weighted by Crippen LogP contribution is 2.38. The van der Waals surface area contributed by atoms with Gasteiger partial charge in [0.05, 0.1) is 25.5 Å². The molecule has 0 aliphatic carbocycles. The number of nitrogens with zero attached hydrogens (tertiary/aromatic N) is 2. The number of fused-ring (bicyclic) bond motifs is 1. The molecule has 1 atom stereocenters. The van der Waals surface area contributed by atoms with Crippen molar-refractivity contribution in [3.63, 3.8) is 0 Å². The summed E-state index contributed by atoms with van der Waals surface area (Å²) < 4.78 is 10.4. The molecular formula is C21H22N2O3S. The van der Waals surface area contributed by atoms with Crippen molar-refractivity contribution in [3.8, 4) is 11.8 Å². The quantitative estimate of drug-likeness (QED) is 0.345. The van der Waals surface area contributed by atoms with Crippen LogP contribution >= 0.6 is 11.8 Å². The van der Waals surface area contributed by atoms with E-state index in [4.69, 9.17) is 9.47 Å². The Morgan fingerprint density at radius 2 is 1.59 bits per heavy atom. The van der Waals surface area contributed by atoms with Gasteiger partial charge in [-0.15, -0.1) is 0 Å². The topological polar surface area (TPSA) is 61.3 Å². The zero-order chi connectivity index (χ0) is 19.4. The minimum Gasteiger partial charge on any atom is -0.481 e. The van der Waals surface area contributed by atoms with Gasteiger partial charge in [-0.25, -0.2) is 0 Å². The van der Waals surface area contributed by atoms with E-state index in [1.807, 2.05) is 12.1 Å². The summed E-state index contributed by atoms with van der Waals surface area (Å²) in [4.78, 5) is 20.6. The summed E-state index contributed by atoms with van der Waals surface area (Å²) in [6.45, 7) is 4.11. The molecule has 0 aliphatic heterocycles. The molecule has 2 aromatic carbocycles. The summed E-state index contributed by atoms with van der Waals surface area (Å²) in [5.74, 6) is 0.801. The summed E-state index contributed by atoms with van der Waals surface area (Å²) >= 11 is 1.30. The lowest BCUT2D eigenvalue weighted by Gasteiger charge is -2.30. The third kappa shape index (κ3) is 4.06. The van der Waals surface area contributed by atoms with Gasteiger partial charge in [0.25, 0.3) is 0 Å². The Morgan fingerprint density at radius 1 is 0.963 bits per heavy atom. The van der Waals surface area contributed by atoms with Crippen molar-refractivity contribution in [3.05, 3.63) is 54.1 Å². The van der Waals surface area contributed by atoms with Gasteiger partial charge < -0.3 is 14.3 Å². The van der Waals surface area contributed by atoms with Crippen molar-refractivity contribution >= 4 is 28.8 Å². The molecule has 3 rings (SSSR count). The van der Waals surface area contributed by atoms with E-state index in [1.54, 1.807) is 6.07 Å². The predicted octanol–water partition coefficient (Wildman–Crippen LogP) is 4.28. The standard InChI is InChI=1S/C21H22N2O3S/c1-21(2,16-10-9-14-7-5-6-8-15(14)11-16)17(13-24)27-20-22-18(25-3)12-19(23-20)26-4/h5-13,17H,1-4H3. The van der Waals surface area contributed by atoms with Crippen LogP contribution in [0.15, 0.2) is 53.7 Å². The van der Waals surface area contributed by atoms with Gasteiger partial charge in [-0.3, -0.25) is 0 Å². The molecule has 5 nitrogen and oxygen atoms in total. The van der Waals surface area contributed by atoms with Crippen LogP contribution in [0.3, 0.4) is 0 Å². The second-order valence-corrected chi connectivity index (χ2v) is 7.80. The molecule has 1 unspecified atom stereocenters. The van der Waals surface area contributed by atoms with E-state index in [0.29, 0.717) is 16.9 Å². The van der Waals surface area contributed by atoms with Crippen molar-refractivity contribution in [2.24, 2.45) is 0 Å². The highest BCUT2D eigenvalue weighted by Gasteiger charge is 2.33. The Hall–Kier alpha value is -2.60. The van der Waals surface area contributed by atoms with Crippen LogP contribution in [-0.2, 0) is 10.2 Å². The largest absolute Gasteiger partial charge is 0.481 e. The Balaban J connectivity index is 1.94. The van der Waals surface area contributed by atoms with Crippen LogP contribution in [-0.4, -0.2) is 35.7 Å². The Kier molecular flexibility index (Phi) is 5.65. The van der Waals surface area contributed by atoms with E-state index in [2.05, 4.69) is 54.1 Å². The van der Waals surface area contributed by atoms with Crippen LogP contribution in [0.1, 0.15) is 19.4 Å². The highest BCUT2D eigenvalue weighted by atomic mass is 32.2. The molecule has 0 radical (unpaired) electrons. The maximum Gasteiger partial charge on any atom is 0.220 e. The van der Waals surface area contributed by atoms with Gasteiger partial charge in [0, 0.05) is 5.41 Å². The molecule has 3 aromatic rings. The molecule has 27 heavy (non-hydrogen) atoms. The van der Waals surface area contributed by atoms with Crippen molar-refractivity contribution in [1.82, 2.24) is 9.97 Å². The van der Waals surface area contributed by atoms with Gasteiger partial charge in [-0.1, -0.05) is 68.1 Å². The molecule has 1 aromatic heterocycles. The lowest BCUT2D eigenvalue weighted by Crippen LogP contribution is -2.32. The van der Waals surface area contributed by atoms with E-state index >= 15 is 0 Å². The molecule has 0 saturated carbocycles. The van der Waals surface area contributed by atoms with Gasteiger partial charge >= 0.3 is 0 Å². The maximum atomic E-state index is 12.0. The summed E-state index contributed by atoms with van der Waals surface area (Å²) in [6.07, 6.45) is 0.954. The van der Waals surface area contributed by atoms with Gasteiger partial charge in [-0.2, -0.15) is 9.97 Å². The summed E-state index contributed by atoms with van der Waals surface area (Å²) in [5.41, 5.74) is 0.663. The molecule has 0 amide bonds. The Morgan fingerprint density at radius 3 is 2.19 bits per heavy atom. The number of hydrogen-bond donors (Lipinski definition) is 0. The average Bonchev–Trinajstić information content (AvgIpc) is 2.71. The van der Waals surface area contributed by atoms with Crippen LogP contribution in [0, 0.1) is 0 Å². The van der Waals surface area contributed by atoms with Crippen molar-refractivity contribution in [2.45, 2.75) is 29.7 Å². The molecule has 0 N–H and O–H groups in total. The summed E-state index contributed by atoms with van der Waals surface area (Å²) in [6, 6.07) is 16.1. The molecular weight excluding hydrogens is 360 g/mol. The molecule has 140 valence electrons. The second-order valence-electron chi connectivity index (χ2n) is 6.69. The first-order valence-corrected chi connectivity index (χ1v) is 9.44. The van der Waals surface area contributed by atoms with Gasteiger partial charge in [0.15, 0.2) is 5.16 Å². The fourth-order valence-electron chi connectivity index (χ4n) is 2.86. The first-order valence-electron chi connectivity index (χ1n) is 8.56. The zero-order valence-electron chi connectivity index (χ0n) is 15.8. The zero-order valence-corrected chi connectivity index (χ0v) is 16.6. The SMILES string of the molecule is COc1cc(OC)nc(SC(C=O)C(C)(C)c2ccc3ccccc3c2)n1. The fraction of sp³-hybridized carbons (Fsp3) is 0.286. The Bertz CT molecular complexity index is 937. The lowest BCUT2D eigenvalue weighted by atomic mass is 9.81. The lowest BCUT2D eigenvalue weighted by molar-refractivity contribution is -0.108. The number of thioether (sulfide) groups is 1. The van der Waals surface area contributed by atoms with E-state index in [0.717, 1.165) is 17.2 Å². The Labute approximate surface area is 163 Å². The number of carbonyl (C=O) groups excluding carboxylic acids is 1. The van der Waals surface area contributed by atoms with Crippen molar-refractivity contribution in [1.29, 1.82) is 0 Å². The number of rotatable bonds is 7. The van der Waals surface area contributed by atoms with Crippen LogP contribution in [0.2, 0.25) is 0 Å². The van der Waals surface area contributed by atoms with Crippen LogP contribution in [0.5, 0.6) is 11.8 Å². The number of aromatic nitrogens is 2. The molecule has 6 heteroatoms. The van der Waals surface area contributed by atoms with Crippen LogP contribution in [0.4, 0.5) is 0 Å².